The number of ether oxygens (including phenoxy) is 1. The van der Waals surface area contributed by atoms with Crippen molar-refractivity contribution in [2.24, 2.45) is 0 Å². The zero-order valence-electron chi connectivity index (χ0n) is 8.84. The maximum atomic E-state index is 9.58. The van der Waals surface area contributed by atoms with Crippen LogP contribution in [0.2, 0.25) is 0 Å². The van der Waals surface area contributed by atoms with Crippen LogP contribution in [0.25, 0.3) is 0 Å². The number of aryl methyl sites for hydroxylation is 1. The lowest BCUT2D eigenvalue weighted by Gasteiger charge is -2.08. The van der Waals surface area contributed by atoms with Gasteiger partial charge in [0.05, 0.1) is 0 Å². The summed E-state index contributed by atoms with van der Waals surface area (Å²) in [4.78, 5) is 0. The Bertz CT molecular complexity index is 489. The molecule has 0 atom stereocenters. The van der Waals surface area contributed by atoms with Crippen molar-refractivity contribution in [2.75, 3.05) is 0 Å². The molecule has 2 aromatic rings. The lowest BCUT2D eigenvalue weighted by molar-refractivity contribution is 0.410. The Labute approximate surface area is 93.6 Å². The van der Waals surface area contributed by atoms with Gasteiger partial charge >= 0.3 is 0 Å². The van der Waals surface area contributed by atoms with E-state index in [0.29, 0.717) is 11.5 Å². The van der Waals surface area contributed by atoms with Gasteiger partial charge in [0.1, 0.15) is 11.5 Å². The Morgan fingerprint density at radius 3 is 2.31 bits per heavy atom. The maximum absolute atomic E-state index is 9.58. The second-order valence-electron chi connectivity index (χ2n) is 3.57. The van der Waals surface area contributed by atoms with Gasteiger partial charge in [-0.15, -0.1) is 0 Å². The molecular weight excluding hydrogens is 204 g/mol. The highest BCUT2D eigenvalue weighted by atomic mass is 16.5. The Morgan fingerprint density at radius 1 is 0.938 bits per heavy atom. The predicted molar refractivity (Wildman–Crippen MR) is 61.0 cm³/mol. The fourth-order valence-electron chi connectivity index (χ4n) is 1.34. The van der Waals surface area contributed by atoms with Crippen molar-refractivity contribution in [3.8, 4) is 23.0 Å². The molecule has 0 bridgehead atoms. The molecule has 0 fully saturated rings. The van der Waals surface area contributed by atoms with Gasteiger partial charge in [-0.25, -0.2) is 0 Å². The number of phenolic OH excluding ortho intramolecular Hbond substituents is 2. The average molecular weight is 216 g/mol. The number of rotatable bonds is 2. The molecule has 3 heteroatoms. The summed E-state index contributed by atoms with van der Waals surface area (Å²) in [6.45, 7) is 1.92. The molecule has 0 aromatic heterocycles. The predicted octanol–water partition coefficient (Wildman–Crippen LogP) is 3.20. The minimum atomic E-state index is 0.0960. The van der Waals surface area contributed by atoms with Crippen LogP contribution in [-0.2, 0) is 0 Å². The maximum Gasteiger partial charge on any atom is 0.169 e. The van der Waals surface area contributed by atoms with E-state index in [1.807, 2.05) is 6.92 Å². The summed E-state index contributed by atoms with van der Waals surface area (Å²) >= 11 is 0. The standard InChI is InChI=1S/C13H12O3/c1-9-2-7-12(15)13(8-9)16-11-5-3-10(14)4-6-11/h2-8,14-15H,1H3. The van der Waals surface area contributed by atoms with Crippen LogP contribution in [-0.4, -0.2) is 10.2 Å². The Hall–Kier alpha value is -2.16. The SMILES string of the molecule is Cc1ccc(O)c(Oc2ccc(O)cc2)c1. The van der Waals surface area contributed by atoms with Gasteiger partial charge in [-0.1, -0.05) is 6.07 Å². The molecule has 0 saturated carbocycles. The van der Waals surface area contributed by atoms with E-state index in [9.17, 15) is 5.11 Å². The Balaban J connectivity index is 2.26. The second-order valence-corrected chi connectivity index (χ2v) is 3.57. The number of hydrogen-bond acceptors (Lipinski definition) is 3. The van der Waals surface area contributed by atoms with Gasteiger partial charge in [0, 0.05) is 0 Å². The first-order chi connectivity index (χ1) is 7.65. The van der Waals surface area contributed by atoms with E-state index in [2.05, 4.69) is 0 Å². The smallest absolute Gasteiger partial charge is 0.169 e. The quantitative estimate of drug-likeness (QED) is 0.810. The molecule has 0 aliphatic rings. The molecule has 2 aromatic carbocycles. The molecule has 82 valence electrons. The molecule has 0 amide bonds. The second kappa shape index (κ2) is 4.14. The lowest BCUT2D eigenvalue weighted by Crippen LogP contribution is -1.85. The summed E-state index contributed by atoms with van der Waals surface area (Å²) in [5.41, 5.74) is 1.01. The number of aromatic hydroxyl groups is 2. The van der Waals surface area contributed by atoms with E-state index in [1.165, 1.54) is 12.1 Å². The van der Waals surface area contributed by atoms with Gasteiger partial charge in [-0.3, -0.25) is 0 Å². The van der Waals surface area contributed by atoms with Crippen LogP contribution < -0.4 is 4.74 Å². The molecule has 0 spiro atoms. The third kappa shape index (κ3) is 2.25. The zero-order chi connectivity index (χ0) is 11.5. The molecule has 2 N–H and O–H groups in total. The van der Waals surface area contributed by atoms with Crippen LogP contribution in [0.4, 0.5) is 0 Å². The van der Waals surface area contributed by atoms with Crippen LogP contribution in [0, 0.1) is 6.92 Å². The molecule has 0 radical (unpaired) electrons. The first kappa shape index (κ1) is 10.4. The molecule has 0 aliphatic carbocycles. The summed E-state index contributed by atoms with van der Waals surface area (Å²) in [5, 5.41) is 18.7. The van der Waals surface area contributed by atoms with E-state index in [-0.39, 0.29) is 11.5 Å². The summed E-state index contributed by atoms with van der Waals surface area (Å²) in [5.74, 6) is 1.25. The van der Waals surface area contributed by atoms with Crippen LogP contribution in [0.3, 0.4) is 0 Å². The van der Waals surface area contributed by atoms with Crippen LogP contribution in [0.5, 0.6) is 23.0 Å². The molecule has 0 aliphatic heterocycles. The first-order valence-electron chi connectivity index (χ1n) is 4.91. The van der Waals surface area contributed by atoms with Gasteiger partial charge < -0.3 is 14.9 Å². The van der Waals surface area contributed by atoms with Crippen LogP contribution in [0.15, 0.2) is 42.5 Å². The zero-order valence-corrected chi connectivity index (χ0v) is 8.84. The Morgan fingerprint density at radius 2 is 1.62 bits per heavy atom. The minimum absolute atomic E-state index is 0.0960. The summed E-state index contributed by atoms with van der Waals surface area (Å²) < 4.78 is 5.48. The molecule has 0 heterocycles. The summed E-state index contributed by atoms with van der Waals surface area (Å²) in [6, 6.07) is 11.5. The average Bonchev–Trinajstić information content (AvgIpc) is 2.27. The van der Waals surface area contributed by atoms with Crippen LogP contribution in [0.1, 0.15) is 5.56 Å². The highest BCUT2D eigenvalue weighted by molar-refractivity contribution is 5.44. The van der Waals surface area contributed by atoms with Crippen molar-refractivity contribution < 1.29 is 14.9 Å². The first-order valence-corrected chi connectivity index (χ1v) is 4.91. The molecule has 0 unspecified atom stereocenters. The lowest BCUT2D eigenvalue weighted by atomic mass is 10.2. The Kier molecular flexibility index (Phi) is 2.68. The van der Waals surface area contributed by atoms with E-state index in [0.717, 1.165) is 5.56 Å². The highest BCUT2D eigenvalue weighted by Gasteiger charge is 2.03. The third-order valence-corrected chi connectivity index (χ3v) is 2.18. The molecule has 0 saturated heterocycles. The fraction of sp³-hybridized carbons (Fsp3) is 0.0769. The van der Waals surface area contributed by atoms with E-state index in [1.54, 1.807) is 30.3 Å². The molecular formula is C13H12O3. The van der Waals surface area contributed by atoms with Crippen LogP contribution >= 0.6 is 0 Å². The van der Waals surface area contributed by atoms with E-state index in [4.69, 9.17) is 9.84 Å². The van der Waals surface area contributed by atoms with Crippen molar-refractivity contribution in [1.29, 1.82) is 0 Å². The van der Waals surface area contributed by atoms with Crippen molar-refractivity contribution >= 4 is 0 Å². The largest absolute Gasteiger partial charge is 0.508 e. The monoisotopic (exact) mass is 216 g/mol. The van der Waals surface area contributed by atoms with Gasteiger partial charge in [-0.2, -0.15) is 0 Å². The van der Waals surface area contributed by atoms with E-state index >= 15 is 0 Å². The third-order valence-electron chi connectivity index (χ3n) is 2.18. The van der Waals surface area contributed by atoms with Crippen molar-refractivity contribution in [1.82, 2.24) is 0 Å². The minimum Gasteiger partial charge on any atom is -0.508 e. The number of phenols is 2. The van der Waals surface area contributed by atoms with Crippen molar-refractivity contribution in [3.63, 3.8) is 0 Å². The summed E-state index contributed by atoms with van der Waals surface area (Å²) in [6.07, 6.45) is 0. The topological polar surface area (TPSA) is 49.7 Å². The normalized spacial score (nSPS) is 10.1. The molecule has 3 nitrogen and oxygen atoms in total. The van der Waals surface area contributed by atoms with Crippen molar-refractivity contribution in [3.05, 3.63) is 48.0 Å². The highest BCUT2D eigenvalue weighted by Crippen LogP contribution is 2.31. The number of hydrogen-bond donors (Lipinski definition) is 2. The molecule has 2 rings (SSSR count). The van der Waals surface area contributed by atoms with Gasteiger partial charge in [0.15, 0.2) is 11.5 Å². The van der Waals surface area contributed by atoms with Crippen molar-refractivity contribution in [2.45, 2.75) is 6.92 Å². The van der Waals surface area contributed by atoms with Gasteiger partial charge in [0.2, 0.25) is 0 Å². The van der Waals surface area contributed by atoms with Gasteiger partial charge in [0.25, 0.3) is 0 Å². The fourth-order valence-corrected chi connectivity index (χ4v) is 1.34. The molecule has 16 heavy (non-hydrogen) atoms. The summed E-state index contributed by atoms with van der Waals surface area (Å²) in [7, 11) is 0. The van der Waals surface area contributed by atoms with E-state index < -0.39 is 0 Å². The number of benzene rings is 2. The van der Waals surface area contributed by atoms with Gasteiger partial charge in [-0.05, 0) is 48.9 Å².